The highest BCUT2D eigenvalue weighted by molar-refractivity contribution is 7.98. The number of imidazole rings is 1. The smallest absolute Gasteiger partial charge is 0.257 e. The molecule has 0 radical (unpaired) electrons. The van der Waals surface area contributed by atoms with E-state index in [2.05, 4.69) is 15.0 Å². The lowest BCUT2D eigenvalue weighted by Crippen LogP contribution is -2.31. The van der Waals surface area contributed by atoms with Gasteiger partial charge in [-0.3, -0.25) is 4.79 Å². The lowest BCUT2D eigenvalue weighted by Gasteiger charge is -2.23. The summed E-state index contributed by atoms with van der Waals surface area (Å²) in [6.45, 7) is 0.678. The Morgan fingerprint density at radius 1 is 1.40 bits per heavy atom. The van der Waals surface area contributed by atoms with Crippen LogP contribution in [0.2, 0.25) is 0 Å². The Morgan fingerprint density at radius 3 is 3.12 bits per heavy atom. The second-order valence-corrected chi connectivity index (χ2v) is 6.80. The van der Waals surface area contributed by atoms with Gasteiger partial charge in [-0.2, -0.15) is 0 Å². The number of thioether (sulfide) groups is 1. The summed E-state index contributed by atoms with van der Waals surface area (Å²) < 4.78 is 13.4. The molecule has 7 heteroatoms. The summed E-state index contributed by atoms with van der Waals surface area (Å²) >= 11 is 1.46. The second kappa shape index (κ2) is 6.48. The molecule has 1 amide bonds. The molecule has 1 aliphatic heterocycles. The van der Waals surface area contributed by atoms with Gasteiger partial charge in [-0.1, -0.05) is 0 Å². The van der Waals surface area contributed by atoms with Crippen LogP contribution in [0.4, 0.5) is 4.39 Å². The molecule has 1 aromatic carbocycles. The molecule has 3 aromatic rings. The number of pyridine rings is 1. The highest BCUT2D eigenvalue weighted by Crippen LogP contribution is 2.33. The molecule has 128 valence electrons. The van der Waals surface area contributed by atoms with E-state index in [1.165, 1.54) is 23.9 Å². The summed E-state index contributed by atoms with van der Waals surface area (Å²) in [5, 5.41) is 0.727. The van der Waals surface area contributed by atoms with Gasteiger partial charge in [0.25, 0.3) is 5.91 Å². The van der Waals surface area contributed by atoms with Gasteiger partial charge in [0.15, 0.2) is 0 Å². The molecule has 0 aliphatic carbocycles. The third-order valence-corrected chi connectivity index (χ3v) is 5.20. The monoisotopic (exact) mass is 356 g/mol. The minimum Gasteiger partial charge on any atom is -0.340 e. The molecular weight excluding hydrogens is 339 g/mol. The predicted octanol–water partition coefficient (Wildman–Crippen LogP) is 3.80. The van der Waals surface area contributed by atoms with Gasteiger partial charge in [-0.25, -0.2) is 14.4 Å². The van der Waals surface area contributed by atoms with Crippen molar-refractivity contribution in [3.05, 3.63) is 53.7 Å². The van der Waals surface area contributed by atoms with Gasteiger partial charge in [0.05, 0.1) is 22.6 Å². The fraction of sp³-hybridized carbons (Fsp3) is 0.278. The lowest BCUT2D eigenvalue weighted by atomic mass is 10.2. The van der Waals surface area contributed by atoms with Crippen LogP contribution in [0.5, 0.6) is 0 Å². The zero-order valence-electron chi connectivity index (χ0n) is 13.7. The summed E-state index contributed by atoms with van der Waals surface area (Å²) in [5.41, 5.74) is 1.98. The number of carbonyl (C=O) groups is 1. The van der Waals surface area contributed by atoms with Crippen molar-refractivity contribution in [3.8, 4) is 0 Å². The van der Waals surface area contributed by atoms with E-state index >= 15 is 0 Å². The molecule has 5 nitrogen and oxygen atoms in total. The van der Waals surface area contributed by atoms with Crippen molar-refractivity contribution in [2.45, 2.75) is 23.9 Å². The van der Waals surface area contributed by atoms with Gasteiger partial charge in [-0.05, 0) is 49.4 Å². The van der Waals surface area contributed by atoms with Gasteiger partial charge in [0.1, 0.15) is 16.7 Å². The maximum Gasteiger partial charge on any atom is 0.257 e. The average molecular weight is 356 g/mol. The average Bonchev–Trinajstić information content (AvgIpc) is 3.27. The minimum atomic E-state index is -0.304. The Hall–Kier alpha value is -2.41. The first-order valence-corrected chi connectivity index (χ1v) is 9.35. The van der Waals surface area contributed by atoms with E-state index in [4.69, 9.17) is 0 Å². The zero-order chi connectivity index (χ0) is 17.4. The number of aromatic nitrogens is 3. The SMILES string of the molecule is CSc1ncccc1C(=O)N1CCCC1c1nc2ccc(F)cc2[nH]1. The highest BCUT2D eigenvalue weighted by Gasteiger charge is 2.33. The Balaban J connectivity index is 1.68. The van der Waals surface area contributed by atoms with E-state index in [-0.39, 0.29) is 17.8 Å². The first-order chi connectivity index (χ1) is 12.2. The number of nitrogens with zero attached hydrogens (tertiary/aromatic N) is 3. The molecule has 0 bridgehead atoms. The number of H-pyrrole nitrogens is 1. The van der Waals surface area contributed by atoms with Crippen molar-refractivity contribution in [3.63, 3.8) is 0 Å². The normalized spacial score (nSPS) is 17.4. The van der Waals surface area contributed by atoms with Crippen LogP contribution >= 0.6 is 11.8 Å². The number of fused-ring (bicyclic) bond motifs is 1. The van der Waals surface area contributed by atoms with E-state index in [1.54, 1.807) is 18.3 Å². The molecule has 2 aromatic heterocycles. The number of likely N-dealkylation sites (tertiary alicyclic amines) is 1. The maximum atomic E-state index is 13.4. The first-order valence-electron chi connectivity index (χ1n) is 8.12. The first kappa shape index (κ1) is 16.1. The van der Waals surface area contributed by atoms with Crippen LogP contribution in [0.15, 0.2) is 41.6 Å². The molecule has 25 heavy (non-hydrogen) atoms. The Bertz CT molecular complexity index is 942. The number of rotatable bonds is 3. The number of carbonyl (C=O) groups excluding carboxylic acids is 1. The third-order valence-electron chi connectivity index (χ3n) is 4.49. The maximum absolute atomic E-state index is 13.4. The Morgan fingerprint density at radius 2 is 2.28 bits per heavy atom. The summed E-state index contributed by atoms with van der Waals surface area (Å²) in [5.74, 6) is 0.370. The van der Waals surface area contributed by atoms with Crippen molar-refractivity contribution in [2.75, 3.05) is 12.8 Å². The largest absolute Gasteiger partial charge is 0.340 e. The fourth-order valence-corrected chi connectivity index (χ4v) is 3.87. The van der Waals surface area contributed by atoms with Gasteiger partial charge in [0.2, 0.25) is 0 Å². The molecule has 4 rings (SSSR count). The lowest BCUT2D eigenvalue weighted by molar-refractivity contribution is 0.0726. The van der Waals surface area contributed by atoms with Crippen LogP contribution < -0.4 is 0 Å². The number of hydrogen-bond donors (Lipinski definition) is 1. The van der Waals surface area contributed by atoms with Crippen LogP contribution in [0.3, 0.4) is 0 Å². The summed E-state index contributed by atoms with van der Waals surface area (Å²) in [4.78, 5) is 26.9. The van der Waals surface area contributed by atoms with Gasteiger partial charge >= 0.3 is 0 Å². The van der Waals surface area contributed by atoms with Crippen LogP contribution in [0.1, 0.15) is 35.1 Å². The molecule has 1 unspecified atom stereocenters. The molecule has 3 heterocycles. The summed E-state index contributed by atoms with van der Waals surface area (Å²) in [7, 11) is 0. The third kappa shape index (κ3) is 2.89. The number of benzene rings is 1. The molecule has 1 fully saturated rings. The molecule has 1 saturated heterocycles. The zero-order valence-corrected chi connectivity index (χ0v) is 14.5. The van der Waals surface area contributed by atoms with Crippen LogP contribution in [-0.4, -0.2) is 38.6 Å². The van der Waals surface area contributed by atoms with Gasteiger partial charge in [0, 0.05) is 12.7 Å². The van der Waals surface area contributed by atoms with Crippen molar-refractivity contribution in [1.82, 2.24) is 19.9 Å². The van der Waals surface area contributed by atoms with Crippen molar-refractivity contribution >= 4 is 28.7 Å². The Kier molecular flexibility index (Phi) is 4.17. The minimum absolute atomic E-state index is 0.0356. The summed E-state index contributed by atoms with van der Waals surface area (Å²) in [6.07, 6.45) is 5.35. The number of halogens is 1. The molecular formula is C18H17FN4OS. The van der Waals surface area contributed by atoms with E-state index in [9.17, 15) is 9.18 Å². The number of aromatic amines is 1. The van der Waals surface area contributed by atoms with Gasteiger partial charge in [-0.15, -0.1) is 11.8 Å². The molecule has 0 spiro atoms. The second-order valence-electron chi connectivity index (χ2n) is 6.00. The number of nitrogens with one attached hydrogen (secondary N) is 1. The van der Waals surface area contributed by atoms with Crippen molar-refractivity contribution < 1.29 is 9.18 Å². The van der Waals surface area contributed by atoms with E-state index in [0.29, 0.717) is 29.0 Å². The predicted molar refractivity (Wildman–Crippen MR) is 95.1 cm³/mol. The standard InChI is InChI=1S/C18H17FN4OS/c1-25-17-12(4-2-8-20-17)18(24)23-9-3-5-15(23)16-21-13-7-6-11(19)10-14(13)22-16/h2,4,6-8,10,15H,3,5,9H2,1H3,(H,21,22). The van der Waals surface area contributed by atoms with E-state index < -0.39 is 0 Å². The van der Waals surface area contributed by atoms with E-state index in [0.717, 1.165) is 17.9 Å². The van der Waals surface area contributed by atoms with Crippen molar-refractivity contribution in [1.29, 1.82) is 0 Å². The molecule has 0 saturated carbocycles. The summed E-state index contributed by atoms with van der Waals surface area (Å²) in [6, 6.07) is 7.94. The fourth-order valence-electron chi connectivity index (χ4n) is 3.32. The number of amides is 1. The number of hydrogen-bond acceptors (Lipinski definition) is 4. The van der Waals surface area contributed by atoms with Gasteiger partial charge < -0.3 is 9.88 Å². The Labute approximate surface area is 148 Å². The highest BCUT2D eigenvalue weighted by atomic mass is 32.2. The molecule has 1 aliphatic rings. The van der Waals surface area contributed by atoms with E-state index in [1.807, 2.05) is 17.2 Å². The van der Waals surface area contributed by atoms with Crippen LogP contribution in [0, 0.1) is 5.82 Å². The topological polar surface area (TPSA) is 61.9 Å². The quantitative estimate of drug-likeness (QED) is 0.725. The van der Waals surface area contributed by atoms with Crippen LogP contribution in [-0.2, 0) is 0 Å². The molecule has 1 N–H and O–H groups in total. The van der Waals surface area contributed by atoms with Crippen LogP contribution in [0.25, 0.3) is 11.0 Å². The molecule has 1 atom stereocenters. The van der Waals surface area contributed by atoms with Crippen molar-refractivity contribution in [2.24, 2.45) is 0 Å².